The molecule has 0 amide bonds. The highest BCUT2D eigenvalue weighted by Gasteiger charge is 2.45. The van der Waals surface area contributed by atoms with E-state index in [1.807, 2.05) is 0 Å². The van der Waals surface area contributed by atoms with Crippen molar-refractivity contribution in [2.45, 2.75) is 49.5 Å². The summed E-state index contributed by atoms with van der Waals surface area (Å²) in [6, 6.07) is 0. The van der Waals surface area contributed by atoms with E-state index >= 15 is 0 Å². The van der Waals surface area contributed by atoms with Gasteiger partial charge in [0.1, 0.15) is 0 Å². The Morgan fingerprint density at radius 1 is 1.29 bits per heavy atom. The molecule has 1 aliphatic carbocycles. The number of halogens is 1. The summed E-state index contributed by atoms with van der Waals surface area (Å²) in [4.78, 5) is 0.768. The average Bonchev–Trinajstić information content (AvgIpc) is 2.89. The lowest BCUT2D eigenvalue weighted by Gasteiger charge is -2.41. The maximum absolute atomic E-state index is 6.15. The summed E-state index contributed by atoms with van der Waals surface area (Å²) in [7, 11) is 0. The maximum atomic E-state index is 6.15. The smallest absolute Gasteiger partial charge is 0.0783 e. The molecule has 5 unspecified atom stereocenters. The second kappa shape index (κ2) is 5.05. The molecule has 0 aromatic carbocycles. The Morgan fingerprint density at radius 3 is 2.82 bits per heavy atom. The minimum absolute atomic E-state index is 0.275. The van der Waals surface area contributed by atoms with Gasteiger partial charge < -0.3 is 4.74 Å². The Hall–Kier alpha value is 0.790. The molecule has 0 aromatic rings. The number of rotatable bonds is 1. The summed E-state index contributed by atoms with van der Waals surface area (Å²) in [5.74, 6) is 5.31. The van der Waals surface area contributed by atoms with E-state index in [2.05, 4.69) is 34.6 Å². The number of thioether (sulfide) groups is 1. The van der Waals surface area contributed by atoms with Gasteiger partial charge >= 0.3 is 0 Å². The second-order valence-corrected chi connectivity index (χ2v) is 8.48. The Morgan fingerprint density at radius 2 is 2.18 bits per heavy atom. The van der Waals surface area contributed by atoms with Gasteiger partial charge in [-0.2, -0.15) is 11.8 Å². The number of hydrogen-bond donors (Lipinski definition) is 0. The van der Waals surface area contributed by atoms with Crippen molar-refractivity contribution >= 4 is 27.7 Å². The molecule has 0 radical (unpaired) electrons. The number of ether oxygens (including phenoxy) is 1. The van der Waals surface area contributed by atoms with E-state index in [0.29, 0.717) is 0 Å². The third-order valence-corrected chi connectivity index (χ3v) is 7.74. The normalized spacial score (nSPS) is 51.2. The summed E-state index contributed by atoms with van der Waals surface area (Å²) >= 11 is 5.94. The van der Waals surface area contributed by atoms with Gasteiger partial charge in [0.05, 0.1) is 5.60 Å². The van der Waals surface area contributed by atoms with Crippen molar-refractivity contribution in [2.24, 2.45) is 17.8 Å². The van der Waals surface area contributed by atoms with Crippen molar-refractivity contribution in [3.05, 3.63) is 0 Å². The zero-order chi connectivity index (χ0) is 11.9. The minimum atomic E-state index is 0.275. The lowest BCUT2D eigenvalue weighted by Crippen LogP contribution is -2.42. The molecule has 3 heteroatoms. The molecule has 3 aliphatic rings. The zero-order valence-electron chi connectivity index (χ0n) is 10.7. The van der Waals surface area contributed by atoms with Crippen LogP contribution in [0.5, 0.6) is 0 Å². The van der Waals surface area contributed by atoms with Crippen LogP contribution in [0.25, 0.3) is 0 Å². The van der Waals surface area contributed by atoms with E-state index in [-0.39, 0.29) is 5.60 Å². The standard InChI is InChI=1S/C14H23BrOS/c1-10-12(2-3-13(10)15)11-4-6-16-14(8-11)5-7-17-9-14/h10-13H,2-9H2,1H3. The number of alkyl halides is 1. The van der Waals surface area contributed by atoms with Crippen molar-refractivity contribution < 1.29 is 4.74 Å². The largest absolute Gasteiger partial charge is 0.374 e. The van der Waals surface area contributed by atoms with Crippen LogP contribution >= 0.6 is 27.7 Å². The van der Waals surface area contributed by atoms with Gasteiger partial charge in [0.25, 0.3) is 0 Å². The topological polar surface area (TPSA) is 9.23 Å². The number of hydrogen-bond acceptors (Lipinski definition) is 2. The lowest BCUT2D eigenvalue weighted by molar-refractivity contribution is -0.0913. The molecule has 3 rings (SSSR count). The molecule has 2 aliphatic heterocycles. The molecule has 0 aromatic heterocycles. The molecule has 2 heterocycles. The van der Waals surface area contributed by atoms with Crippen molar-refractivity contribution in [3.8, 4) is 0 Å². The van der Waals surface area contributed by atoms with Gasteiger partial charge in [0, 0.05) is 17.2 Å². The molecule has 2 saturated heterocycles. The van der Waals surface area contributed by atoms with E-state index < -0.39 is 0 Å². The third-order valence-electron chi connectivity index (χ3n) is 5.23. The van der Waals surface area contributed by atoms with Crippen LogP contribution in [0, 0.1) is 17.8 Å². The molecule has 0 N–H and O–H groups in total. The van der Waals surface area contributed by atoms with E-state index in [4.69, 9.17) is 4.74 Å². The summed E-state index contributed by atoms with van der Waals surface area (Å²) in [6.07, 6.45) is 6.76. The average molecular weight is 319 g/mol. The van der Waals surface area contributed by atoms with Crippen LogP contribution in [-0.2, 0) is 4.74 Å². The van der Waals surface area contributed by atoms with Gasteiger partial charge in [-0.3, -0.25) is 0 Å². The van der Waals surface area contributed by atoms with Gasteiger partial charge in [-0.05, 0) is 55.6 Å². The van der Waals surface area contributed by atoms with E-state index in [9.17, 15) is 0 Å². The Kier molecular flexibility index (Phi) is 3.80. The first-order chi connectivity index (χ1) is 8.20. The first-order valence-electron chi connectivity index (χ1n) is 7.06. The second-order valence-electron chi connectivity index (χ2n) is 6.20. The molecule has 98 valence electrons. The van der Waals surface area contributed by atoms with Crippen molar-refractivity contribution in [1.29, 1.82) is 0 Å². The SMILES string of the molecule is CC1C(Br)CCC1C1CCOC2(CCSC2)C1. The molecule has 17 heavy (non-hydrogen) atoms. The fourth-order valence-corrected chi connectivity index (χ4v) is 6.14. The first-order valence-corrected chi connectivity index (χ1v) is 9.13. The summed E-state index contributed by atoms with van der Waals surface area (Å²) < 4.78 is 6.15. The monoisotopic (exact) mass is 318 g/mol. The molecule has 1 nitrogen and oxygen atoms in total. The fourth-order valence-electron chi connectivity index (χ4n) is 4.11. The third kappa shape index (κ3) is 2.44. The van der Waals surface area contributed by atoms with Gasteiger partial charge in [-0.1, -0.05) is 22.9 Å². The summed E-state index contributed by atoms with van der Waals surface area (Å²) in [5.41, 5.74) is 0.275. The summed E-state index contributed by atoms with van der Waals surface area (Å²) in [5, 5.41) is 0. The molecule has 5 atom stereocenters. The van der Waals surface area contributed by atoms with E-state index in [1.54, 1.807) is 0 Å². The molecule has 1 spiro atoms. The van der Waals surface area contributed by atoms with Crippen LogP contribution < -0.4 is 0 Å². The Labute approximate surface area is 118 Å². The van der Waals surface area contributed by atoms with Gasteiger partial charge in [0.2, 0.25) is 0 Å². The molecule has 1 saturated carbocycles. The van der Waals surface area contributed by atoms with Crippen molar-refractivity contribution in [3.63, 3.8) is 0 Å². The highest BCUT2D eigenvalue weighted by Crippen LogP contribution is 2.48. The molecular weight excluding hydrogens is 296 g/mol. The highest BCUT2D eigenvalue weighted by molar-refractivity contribution is 9.09. The van der Waals surface area contributed by atoms with E-state index in [0.717, 1.165) is 29.2 Å². The van der Waals surface area contributed by atoms with Gasteiger partial charge in [-0.15, -0.1) is 0 Å². The van der Waals surface area contributed by atoms with Crippen LogP contribution in [0.2, 0.25) is 0 Å². The Balaban J connectivity index is 1.67. The van der Waals surface area contributed by atoms with Crippen molar-refractivity contribution in [2.75, 3.05) is 18.1 Å². The lowest BCUT2D eigenvalue weighted by atomic mass is 9.74. The van der Waals surface area contributed by atoms with Crippen LogP contribution in [0.4, 0.5) is 0 Å². The van der Waals surface area contributed by atoms with Crippen LogP contribution in [0.1, 0.15) is 39.0 Å². The van der Waals surface area contributed by atoms with Crippen LogP contribution in [0.15, 0.2) is 0 Å². The maximum Gasteiger partial charge on any atom is 0.0783 e. The minimum Gasteiger partial charge on any atom is -0.374 e. The quantitative estimate of drug-likeness (QED) is 0.673. The zero-order valence-corrected chi connectivity index (χ0v) is 13.1. The summed E-state index contributed by atoms with van der Waals surface area (Å²) in [6.45, 7) is 3.46. The molecule has 3 fully saturated rings. The Bertz CT molecular complexity index is 277. The predicted octanol–water partition coefficient (Wildman–Crippen LogP) is 4.10. The van der Waals surface area contributed by atoms with Crippen LogP contribution in [-0.4, -0.2) is 28.5 Å². The predicted molar refractivity (Wildman–Crippen MR) is 78.0 cm³/mol. The van der Waals surface area contributed by atoms with E-state index in [1.165, 1.54) is 43.6 Å². The molecular formula is C14H23BrOS. The first kappa shape index (κ1) is 12.8. The van der Waals surface area contributed by atoms with Crippen molar-refractivity contribution in [1.82, 2.24) is 0 Å². The van der Waals surface area contributed by atoms with Gasteiger partial charge in [0.15, 0.2) is 0 Å². The fraction of sp³-hybridized carbons (Fsp3) is 1.00. The highest BCUT2D eigenvalue weighted by atomic mass is 79.9. The van der Waals surface area contributed by atoms with Crippen LogP contribution in [0.3, 0.4) is 0 Å². The van der Waals surface area contributed by atoms with Gasteiger partial charge in [-0.25, -0.2) is 0 Å². The molecule has 0 bridgehead atoms.